The summed E-state index contributed by atoms with van der Waals surface area (Å²) in [4.78, 5) is 25.2. The third kappa shape index (κ3) is 7.00. The van der Waals surface area contributed by atoms with E-state index in [2.05, 4.69) is 10.6 Å². The second kappa shape index (κ2) is 12.3. The number of carbonyl (C=O) groups is 2. The van der Waals surface area contributed by atoms with Gasteiger partial charge in [0.25, 0.3) is 0 Å². The predicted octanol–water partition coefficient (Wildman–Crippen LogP) is 4.79. The Bertz CT molecular complexity index is 1230. The first kappa shape index (κ1) is 26.1. The highest BCUT2D eigenvalue weighted by Crippen LogP contribution is 2.33. The van der Waals surface area contributed by atoms with Crippen molar-refractivity contribution < 1.29 is 28.9 Å². The van der Waals surface area contributed by atoms with Crippen molar-refractivity contribution >= 4 is 29.1 Å². The van der Waals surface area contributed by atoms with Crippen molar-refractivity contribution in [1.82, 2.24) is 0 Å². The normalized spacial score (nSPS) is 12.5. The molecule has 188 valence electrons. The summed E-state index contributed by atoms with van der Waals surface area (Å²) in [6.07, 6.45) is 0.0947. The predicted molar refractivity (Wildman–Crippen MR) is 138 cm³/mol. The fraction of sp³-hybridized carbons (Fsp3) is 0.185. The molecule has 0 bridgehead atoms. The highest BCUT2D eigenvalue weighted by molar-refractivity contribution is 6.01. The molecular weight excluding hydrogens is 462 g/mol. The highest BCUT2D eigenvalue weighted by Gasteiger charge is 2.27. The topological polar surface area (TPSA) is 132 Å². The zero-order chi connectivity index (χ0) is 26.1. The van der Waals surface area contributed by atoms with Gasteiger partial charge in [0.1, 0.15) is 6.10 Å². The number of carbonyl (C=O) groups excluding carboxylic acids is 2. The van der Waals surface area contributed by atoms with Crippen molar-refractivity contribution in [3.8, 4) is 11.5 Å². The fourth-order valence-electron chi connectivity index (χ4n) is 3.38. The van der Waals surface area contributed by atoms with E-state index in [1.54, 1.807) is 48.5 Å². The molecule has 0 unspecified atom stereocenters. The number of rotatable bonds is 9. The van der Waals surface area contributed by atoms with Crippen molar-refractivity contribution in [2.24, 2.45) is 0 Å². The molecule has 3 rings (SSSR count). The molecule has 5 N–H and O–H groups in total. The molecule has 9 nitrogen and oxygen atoms in total. The lowest BCUT2D eigenvalue weighted by Gasteiger charge is -2.25. The third-order valence-electron chi connectivity index (χ3n) is 5.29. The van der Waals surface area contributed by atoms with E-state index in [-0.39, 0.29) is 11.5 Å². The van der Waals surface area contributed by atoms with Crippen LogP contribution in [0.2, 0.25) is 0 Å². The number of benzene rings is 3. The summed E-state index contributed by atoms with van der Waals surface area (Å²) in [6, 6.07) is 18.6. The van der Waals surface area contributed by atoms with Gasteiger partial charge in [0.05, 0.1) is 18.5 Å². The maximum atomic E-state index is 12.7. The van der Waals surface area contributed by atoms with Crippen LogP contribution in [0.25, 0.3) is 0 Å². The zero-order valence-corrected chi connectivity index (χ0v) is 20.2. The Kier molecular flexibility index (Phi) is 8.90. The maximum Gasteiger partial charge on any atom is 0.412 e. The second-order valence-corrected chi connectivity index (χ2v) is 7.88. The Morgan fingerprint density at radius 1 is 1.00 bits per heavy atom. The van der Waals surface area contributed by atoms with E-state index >= 15 is 0 Å². The first-order valence-corrected chi connectivity index (χ1v) is 11.1. The number of hydrogen-bond donors (Lipinski definition) is 4. The van der Waals surface area contributed by atoms with E-state index in [0.29, 0.717) is 22.6 Å². The molecule has 36 heavy (non-hydrogen) atoms. The molecule has 0 aliphatic rings. The van der Waals surface area contributed by atoms with Crippen molar-refractivity contribution in [3.63, 3.8) is 0 Å². The van der Waals surface area contributed by atoms with Crippen LogP contribution in [0.3, 0.4) is 0 Å². The average Bonchev–Trinajstić information content (AvgIpc) is 2.86. The van der Waals surface area contributed by atoms with E-state index in [4.69, 9.17) is 19.9 Å². The van der Waals surface area contributed by atoms with E-state index < -0.39 is 24.2 Å². The van der Waals surface area contributed by atoms with E-state index in [9.17, 15) is 14.7 Å². The summed E-state index contributed by atoms with van der Waals surface area (Å²) < 4.78 is 16.3. The van der Waals surface area contributed by atoms with E-state index in [0.717, 1.165) is 5.56 Å². The van der Waals surface area contributed by atoms with Gasteiger partial charge in [-0.05, 0) is 55.0 Å². The lowest BCUT2D eigenvalue weighted by molar-refractivity contribution is -0.112. The van der Waals surface area contributed by atoms with Crippen LogP contribution in [-0.2, 0) is 14.3 Å². The Morgan fingerprint density at radius 2 is 1.72 bits per heavy atom. The van der Waals surface area contributed by atoms with Crippen molar-refractivity contribution in [3.05, 3.63) is 90.0 Å². The van der Waals surface area contributed by atoms with E-state index in [1.165, 1.54) is 32.4 Å². The molecule has 2 amide bonds. The monoisotopic (exact) mass is 491 g/mol. The quantitative estimate of drug-likeness (QED) is 0.250. The van der Waals surface area contributed by atoms with Gasteiger partial charge in [-0.25, -0.2) is 4.79 Å². The number of ether oxygens (including phenoxy) is 3. The number of nitrogen functional groups attached to an aromatic ring is 1. The minimum atomic E-state index is -1.01. The summed E-state index contributed by atoms with van der Waals surface area (Å²) in [5.41, 5.74) is 8.78. The number of phenols is 1. The number of methoxy groups -OCH3 is 2. The van der Waals surface area contributed by atoms with Crippen LogP contribution in [0, 0.1) is 6.92 Å². The van der Waals surface area contributed by atoms with Crippen LogP contribution in [0.4, 0.5) is 21.9 Å². The summed E-state index contributed by atoms with van der Waals surface area (Å²) in [7, 11) is 2.84. The molecule has 0 fully saturated rings. The van der Waals surface area contributed by atoms with Gasteiger partial charge in [-0.1, -0.05) is 35.9 Å². The smallest absolute Gasteiger partial charge is 0.412 e. The Hall–Kier alpha value is -4.50. The summed E-state index contributed by atoms with van der Waals surface area (Å²) >= 11 is 0. The first-order chi connectivity index (χ1) is 17.3. The van der Waals surface area contributed by atoms with Crippen molar-refractivity contribution in [2.45, 2.75) is 19.1 Å². The van der Waals surface area contributed by atoms with Crippen LogP contribution in [0.5, 0.6) is 11.5 Å². The average molecular weight is 492 g/mol. The molecule has 0 aromatic heterocycles. The van der Waals surface area contributed by atoms with Crippen molar-refractivity contribution in [1.29, 1.82) is 0 Å². The number of aryl methyl sites for hydroxylation is 1. The largest absolute Gasteiger partial charge is 0.504 e. The Labute approximate surface area is 209 Å². The lowest BCUT2D eigenvalue weighted by Crippen LogP contribution is -2.27. The number of aromatic hydroxyl groups is 1. The van der Waals surface area contributed by atoms with Gasteiger partial charge in [0, 0.05) is 18.9 Å². The van der Waals surface area contributed by atoms with Crippen LogP contribution >= 0.6 is 0 Å². The number of hydrogen-bond acceptors (Lipinski definition) is 7. The number of para-hydroxylation sites is 2. The second-order valence-electron chi connectivity index (χ2n) is 7.88. The van der Waals surface area contributed by atoms with Gasteiger partial charge in [-0.3, -0.25) is 10.1 Å². The molecule has 3 aromatic rings. The molecule has 2 atom stereocenters. The number of nitrogens with two attached hydrogens (primary N) is 1. The van der Waals surface area contributed by atoms with Gasteiger partial charge in [0.15, 0.2) is 17.6 Å². The van der Waals surface area contributed by atoms with Gasteiger partial charge in [-0.15, -0.1) is 0 Å². The van der Waals surface area contributed by atoms with Gasteiger partial charge in [0.2, 0.25) is 5.91 Å². The fourth-order valence-corrected chi connectivity index (χ4v) is 3.38. The summed E-state index contributed by atoms with van der Waals surface area (Å²) in [5, 5.41) is 15.6. The number of nitrogens with one attached hydrogen (secondary N) is 2. The van der Waals surface area contributed by atoms with Crippen LogP contribution in [-0.4, -0.2) is 37.4 Å². The van der Waals surface area contributed by atoms with Crippen LogP contribution in [0.1, 0.15) is 17.2 Å². The van der Waals surface area contributed by atoms with Gasteiger partial charge >= 0.3 is 6.09 Å². The summed E-state index contributed by atoms with van der Waals surface area (Å²) in [6.45, 7) is 1.94. The molecule has 0 heterocycles. The lowest BCUT2D eigenvalue weighted by atomic mass is 10.0. The van der Waals surface area contributed by atoms with Crippen molar-refractivity contribution in [2.75, 3.05) is 30.6 Å². The zero-order valence-electron chi connectivity index (χ0n) is 20.2. The SMILES string of the molecule is COc1ccc([C@H](OC(=O)Nc2ccc(C)cc2)[C@H](/C=C/C(=O)Nc2ccccc2N)OC)cc1O. The molecule has 0 saturated carbocycles. The molecule has 0 aliphatic heterocycles. The number of anilines is 3. The van der Waals surface area contributed by atoms with Crippen LogP contribution in [0.15, 0.2) is 78.9 Å². The molecule has 0 radical (unpaired) electrons. The van der Waals surface area contributed by atoms with E-state index in [1.807, 2.05) is 19.1 Å². The number of phenolic OH excluding ortho intramolecular Hbond substituents is 1. The van der Waals surface area contributed by atoms with Gasteiger partial charge in [-0.2, -0.15) is 0 Å². The molecule has 0 spiro atoms. The van der Waals surface area contributed by atoms with Crippen LogP contribution < -0.4 is 21.1 Å². The molecular formula is C27H29N3O6. The molecule has 0 saturated heterocycles. The highest BCUT2D eigenvalue weighted by atomic mass is 16.6. The molecule has 9 heteroatoms. The first-order valence-electron chi connectivity index (χ1n) is 11.1. The minimum absolute atomic E-state index is 0.140. The Morgan fingerprint density at radius 3 is 2.36 bits per heavy atom. The third-order valence-corrected chi connectivity index (χ3v) is 5.29. The van der Waals surface area contributed by atoms with Gasteiger partial charge < -0.3 is 30.4 Å². The standard InChI is InChI=1S/C27H29N3O6/c1-17-8-11-19(12-9-17)29-27(33)36-26(18-10-13-23(34-2)22(31)16-18)24(35-3)14-15-25(32)30-21-7-5-4-6-20(21)28/h4-16,24,26,31H,28H2,1-3H3,(H,29,33)(H,30,32)/b15-14+/t24-,26-/m0/s1. The molecule has 3 aromatic carbocycles. The minimum Gasteiger partial charge on any atom is -0.504 e. The Balaban J connectivity index is 1.83. The number of amides is 2. The molecule has 0 aliphatic carbocycles. The maximum absolute atomic E-state index is 12.7. The summed E-state index contributed by atoms with van der Waals surface area (Å²) in [5.74, 6) is -0.333.